The van der Waals surface area contributed by atoms with Gasteiger partial charge in [-0.15, -0.1) is 0 Å². The van der Waals surface area contributed by atoms with Crippen molar-refractivity contribution in [3.63, 3.8) is 0 Å². The lowest BCUT2D eigenvalue weighted by Gasteiger charge is -2.18. The maximum absolute atomic E-state index is 13.6. The van der Waals surface area contributed by atoms with E-state index in [0.717, 1.165) is 58.6 Å². The Kier molecular flexibility index (Phi) is 11.8. The Morgan fingerprint density at radius 3 is 2.12 bits per heavy atom. The number of carbonyl (C=O) groups is 1. The molecular weight excluding hydrogens is 531 g/mol. The molecular formula is C36H39FO5. The van der Waals surface area contributed by atoms with E-state index >= 15 is 0 Å². The molecule has 0 saturated heterocycles. The Morgan fingerprint density at radius 2 is 1.40 bits per heavy atom. The molecule has 0 bridgehead atoms. The smallest absolute Gasteiger partial charge is 0.306 e. The van der Waals surface area contributed by atoms with E-state index in [9.17, 15) is 9.18 Å². The van der Waals surface area contributed by atoms with Gasteiger partial charge in [-0.1, -0.05) is 67.6 Å². The molecule has 220 valence electrons. The van der Waals surface area contributed by atoms with E-state index in [1.54, 1.807) is 12.1 Å². The molecule has 5 nitrogen and oxygen atoms in total. The standard InChI is InChI=1S/C36H39FO5/c1-3-28-24-32(29-16-19-31(37)20-17-29)35(42-26-27-12-6-5-7-13-27)25-34(28)41-23-11-10-22-40-33-15-9-8-14-30(33)18-21-36(38)39-4-2/h5-9,12-17,19-20,24-25H,3-4,10-11,18,21-23,26H2,1-2H3. The lowest BCUT2D eigenvalue weighted by molar-refractivity contribution is -0.143. The normalized spacial score (nSPS) is 10.7. The van der Waals surface area contributed by atoms with Crippen molar-refractivity contribution in [3.8, 4) is 28.4 Å². The van der Waals surface area contributed by atoms with Crippen molar-refractivity contribution in [2.45, 2.75) is 52.6 Å². The predicted octanol–water partition coefficient (Wildman–Crippen LogP) is 8.37. The van der Waals surface area contributed by atoms with Crippen molar-refractivity contribution >= 4 is 5.97 Å². The van der Waals surface area contributed by atoms with Gasteiger partial charge in [0, 0.05) is 18.1 Å². The van der Waals surface area contributed by atoms with Crippen LogP contribution in [0.25, 0.3) is 11.1 Å². The Morgan fingerprint density at radius 1 is 0.714 bits per heavy atom. The average molecular weight is 571 g/mol. The van der Waals surface area contributed by atoms with Gasteiger partial charge in [0.1, 0.15) is 29.7 Å². The van der Waals surface area contributed by atoms with Gasteiger partial charge < -0.3 is 18.9 Å². The van der Waals surface area contributed by atoms with E-state index in [2.05, 4.69) is 13.0 Å². The fourth-order valence-electron chi connectivity index (χ4n) is 4.62. The summed E-state index contributed by atoms with van der Waals surface area (Å²) in [6, 6.07) is 28.3. The van der Waals surface area contributed by atoms with Gasteiger partial charge in [0.05, 0.1) is 19.8 Å². The van der Waals surface area contributed by atoms with Crippen molar-refractivity contribution in [1.29, 1.82) is 0 Å². The van der Waals surface area contributed by atoms with Crippen LogP contribution in [-0.4, -0.2) is 25.8 Å². The average Bonchev–Trinajstić information content (AvgIpc) is 3.02. The summed E-state index contributed by atoms with van der Waals surface area (Å²) in [7, 11) is 0. The molecule has 0 atom stereocenters. The highest BCUT2D eigenvalue weighted by Crippen LogP contribution is 2.37. The number of hydrogen-bond acceptors (Lipinski definition) is 5. The lowest BCUT2D eigenvalue weighted by atomic mass is 9.99. The van der Waals surface area contributed by atoms with Gasteiger partial charge in [-0.25, -0.2) is 4.39 Å². The van der Waals surface area contributed by atoms with Crippen LogP contribution in [0.4, 0.5) is 4.39 Å². The van der Waals surface area contributed by atoms with Gasteiger partial charge in [-0.2, -0.15) is 0 Å². The summed E-state index contributed by atoms with van der Waals surface area (Å²) in [4.78, 5) is 11.7. The third-order valence-electron chi connectivity index (χ3n) is 6.87. The fourth-order valence-corrected chi connectivity index (χ4v) is 4.62. The van der Waals surface area contributed by atoms with Crippen molar-refractivity contribution in [2.75, 3.05) is 19.8 Å². The highest BCUT2D eigenvalue weighted by molar-refractivity contribution is 5.73. The molecule has 0 saturated carbocycles. The maximum Gasteiger partial charge on any atom is 0.306 e. The van der Waals surface area contributed by atoms with Crippen LogP contribution in [0.1, 0.15) is 49.8 Å². The molecule has 0 unspecified atom stereocenters. The molecule has 0 aliphatic heterocycles. The largest absolute Gasteiger partial charge is 0.493 e. The zero-order chi connectivity index (χ0) is 29.6. The van der Waals surface area contributed by atoms with Gasteiger partial charge in [0.2, 0.25) is 0 Å². The van der Waals surface area contributed by atoms with Crippen molar-refractivity contribution in [1.82, 2.24) is 0 Å². The molecule has 0 aliphatic rings. The molecule has 0 N–H and O–H groups in total. The van der Waals surface area contributed by atoms with E-state index in [1.807, 2.05) is 67.6 Å². The fraction of sp³-hybridized carbons (Fsp3) is 0.306. The molecule has 0 radical (unpaired) electrons. The number of aryl methyl sites for hydroxylation is 2. The molecule has 0 amide bonds. The second kappa shape index (κ2) is 16.2. The molecule has 0 spiro atoms. The van der Waals surface area contributed by atoms with Crippen LogP contribution < -0.4 is 14.2 Å². The molecule has 4 aromatic rings. The van der Waals surface area contributed by atoms with Crippen molar-refractivity contribution in [2.24, 2.45) is 0 Å². The Labute approximate surface area is 248 Å². The monoisotopic (exact) mass is 570 g/mol. The summed E-state index contributed by atoms with van der Waals surface area (Å²) in [5.41, 5.74) is 4.92. The molecule has 4 aromatic carbocycles. The van der Waals surface area contributed by atoms with Crippen molar-refractivity contribution < 1.29 is 28.1 Å². The minimum Gasteiger partial charge on any atom is -0.493 e. The van der Waals surface area contributed by atoms with Gasteiger partial charge in [0.15, 0.2) is 0 Å². The van der Waals surface area contributed by atoms with Crippen LogP contribution in [0.3, 0.4) is 0 Å². The highest BCUT2D eigenvalue weighted by Gasteiger charge is 2.14. The maximum atomic E-state index is 13.6. The molecule has 0 fully saturated rings. The minimum absolute atomic E-state index is 0.199. The second-order valence-electron chi connectivity index (χ2n) is 9.91. The topological polar surface area (TPSA) is 54.0 Å². The first-order valence-electron chi connectivity index (χ1n) is 14.7. The van der Waals surface area contributed by atoms with E-state index < -0.39 is 0 Å². The SMILES string of the molecule is CCOC(=O)CCc1ccccc1OCCCCOc1cc(OCc2ccccc2)c(-c2ccc(F)cc2)cc1CC. The summed E-state index contributed by atoms with van der Waals surface area (Å²) in [6.07, 6.45) is 3.33. The predicted molar refractivity (Wildman–Crippen MR) is 164 cm³/mol. The highest BCUT2D eigenvalue weighted by atomic mass is 19.1. The zero-order valence-electron chi connectivity index (χ0n) is 24.4. The van der Waals surface area contributed by atoms with Gasteiger partial charge in [0.25, 0.3) is 0 Å². The van der Waals surface area contributed by atoms with Gasteiger partial charge >= 0.3 is 5.97 Å². The first-order valence-corrected chi connectivity index (χ1v) is 14.7. The van der Waals surface area contributed by atoms with Crippen LogP contribution in [-0.2, 0) is 29.0 Å². The summed E-state index contributed by atoms with van der Waals surface area (Å²) >= 11 is 0. The Hall–Kier alpha value is -4.32. The van der Waals surface area contributed by atoms with E-state index in [-0.39, 0.29) is 11.8 Å². The Balaban J connectivity index is 1.36. The summed E-state index contributed by atoms with van der Waals surface area (Å²) in [6.45, 7) is 5.79. The van der Waals surface area contributed by atoms with Gasteiger partial charge in [-0.05, 0) is 79.1 Å². The summed E-state index contributed by atoms with van der Waals surface area (Å²) < 4.78 is 37.2. The van der Waals surface area contributed by atoms with Crippen LogP contribution in [0.15, 0.2) is 91.0 Å². The number of unbranched alkanes of at least 4 members (excludes halogenated alkanes) is 1. The lowest BCUT2D eigenvalue weighted by Crippen LogP contribution is -2.07. The number of hydrogen-bond donors (Lipinski definition) is 0. The van der Waals surface area contributed by atoms with E-state index in [4.69, 9.17) is 18.9 Å². The molecule has 0 heterocycles. The molecule has 0 aromatic heterocycles. The molecule has 6 heteroatoms. The third kappa shape index (κ3) is 9.10. The number of carbonyl (C=O) groups excluding carboxylic acids is 1. The van der Waals surface area contributed by atoms with Gasteiger partial charge in [-0.3, -0.25) is 4.79 Å². The zero-order valence-corrected chi connectivity index (χ0v) is 24.4. The number of rotatable bonds is 16. The number of halogens is 1. The van der Waals surface area contributed by atoms with Crippen LogP contribution in [0.2, 0.25) is 0 Å². The molecule has 4 rings (SSSR count). The van der Waals surface area contributed by atoms with E-state index in [1.165, 1.54) is 12.1 Å². The third-order valence-corrected chi connectivity index (χ3v) is 6.87. The van der Waals surface area contributed by atoms with Crippen LogP contribution in [0.5, 0.6) is 17.2 Å². The number of benzene rings is 4. The number of esters is 1. The van der Waals surface area contributed by atoms with Crippen LogP contribution >= 0.6 is 0 Å². The second-order valence-corrected chi connectivity index (χ2v) is 9.91. The number of para-hydroxylation sites is 1. The quantitative estimate of drug-likeness (QED) is 0.100. The molecule has 0 aliphatic carbocycles. The first-order chi connectivity index (χ1) is 20.6. The van der Waals surface area contributed by atoms with E-state index in [0.29, 0.717) is 45.0 Å². The summed E-state index contributed by atoms with van der Waals surface area (Å²) in [5, 5.41) is 0. The first kappa shape index (κ1) is 30.6. The number of ether oxygens (including phenoxy) is 4. The Bertz CT molecular complexity index is 1400. The minimum atomic E-state index is -0.273. The van der Waals surface area contributed by atoms with Crippen molar-refractivity contribution in [3.05, 3.63) is 114 Å². The molecule has 42 heavy (non-hydrogen) atoms. The van der Waals surface area contributed by atoms with Crippen LogP contribution in [0, 0.1) is 5.82 Å². The summed E-state index contributed by atoms with van der Waals surface area (Å²) in [5.74, 6) is 1.81.